The Hall–Kier alpha value is 0.250. The maximum absolute atomic E-state index is 9.77. The van der Waals surface area contributed by atoms with Crippen LogP contribution in [0, 0.1) is 12.3 Å². The molecule has 0 heterocycles. The van der Waals surface area contributed by atoms with Gasteiger partial charge in [0.1, 0.15) is 6.61 Å². The van der Waals surface area contributed by atoms with E-state index in [1.807, 2.05) is 5.92 Å². The maximum atomic E-state index is 9.77. The van der Waals surface area contributed by atoms with E-state index in [0.717, 1.165) is 0 Å². The fourth-order valence-electron chi connectivity index (χ4n) is 0.121. The average Bonchev–Trinajstić information content (AvgIpc) is 1.59. The summed E-state index contributed by atoms with van der Waals surface area (Å²) in [5, 5.41) is 0. The average molecular weight is 209 g/mol. The molecule has 0 aliphatic carbocycles. The molecule has 0 aromatic rings. The van der Waals surface area contributed by atoms with Crippen LogP contribution < -0.4 is 0 Å². The molecule has 0 spiro atoms. The minimum Gasteiger partial charge on any atom is -0.303 e. The highest BCUT2D eigenvalue weighted by Crippen LogP contribution is 2.34. The van der Waals surface area contributed by atoms with Crippen LogP contribution in [0.4, 0.5) is 0 Å². The molecular formula is C3H7Cl2O4P. The van der Waals surface area contributed by atoms with Gasteiger partial charge in [-0.25, -0.2) is 4.57 Å². The first-order chi connectivity index (χ1) is 3.56. The number of hydrogen-bond donors (Lipinski definition) is 2. The van der Waals surface area contributed by atoms with E-state index >= 15 is 0 Å². The molecule has 0 aliphatic rings. The summed E-state index contributed by atoms with van der Waals surface area (Å²) in [5.41, 5.74) is 0. The smallest absolute Gasteiger partial charge is 0.303 e. The van der Waals surface area contributed by atoms with Crippen LogP contribution in [0.5, 0.6) is 0 Å². The van der Waals surface area contributed by atoms with Gasteiger partial charge in [-0.3, -0.25) is 4.52 Å². The maximum Gasteiger partial charge on any atom is 0.470 e. The first kappa shape index (κ1) is 16.7. The van der Waals surface area contributed by atoms with Crippen molar-refractivity contribution in [1.82, 2.24) is 0 Å². The monoisotopic (exact) mass is 208 g/mol. The van der Waals surface area contributed by atoms with Crippen molar-refractivity contribution in [2.75, 3.05) is 6.61 Å². The van der Waals surface area contributed by atoms with Gasteiger partial charge >= 0.3 is 7.82 Å². The Morgan fingerprint density at radius 3 is 2.00 bits per heavy atom. The highest BCUT2D eigenvalue weighted by molar-refractivity contribution is 7.46. The number of terminal acetylenes is 1. The lowest BCUT2D eigenvalue weighted by Crippen LogP contribution is -1.86. The molecule has 7 heteroatoms. The first-order valence-corrected chi connectivity index (χ1v) is 3.23. The summed E-state index contributed by atoms with van der Waals surface area (Å²) in [6.45, 7) is -0.357. The van der Waals surface area contributed by atoms with Gasteiger partial charge in [-0.15, -0.1) is 31.2 Å². The highest BCUT2D eigenvalue weighted by atomic mass is 35.5. The Morgan fingerprint density at radius 2 is 1.90 bits per heavy atom. The molecule has 0 rings (SSSR count). The second-order valence-electron chi connectivity index (χ2n) is 0.968. The molecule has 0 fully saturated rings. The van der Waals surface area contributed by atoms with Crippen molar-refractivity contribution < 1.29 is 18.9 Å². The van der Waals surface area contributed by atoms with E-state index < -0.39 is 7.82 Å². The van der Waals surface area contributed by atoms with Crippen LogP contribution in [-0.2, 0) is 9.09 Å². The van der Waals surface area contributed by atoms with Crippen LogP contribution in [0.25, 0.3) is 0 Å². The molecule has 0 aromatic heterocycles. The molecule has 0 radical (unpaired) electrons. The van der Waals surface area contributed by atoms with Crippen molar-refractivity contribution in [1.29, 1.82) is 0 Å². The fourth-order valence-corrected chi connectivity index (χ4v) is 0.364. The van der Waals surface area contributed by atoms with E-state index in [9.17, 15) is 4.57 Å². The summed E-state index contributed by atoms with van der Waals surface area (Å²) in [7, 11) is -4.32. The van der Waals surface area contributed by atoms with Crippen molar-refractivity contribution in [3.8, 4) is 12.3 Å². The van der Waals surface area contributed by atoms with E-state index in [4.69, 9.17) is 9.79 Å². The number of rotatable bonds is 2. The third-order valence-corrected chi connectivity index (χ3v) is 0.782. The normalized spacial score (nSPS) is 8.50. The predicted octanol–water partition coefficient (Wildman–Crippen LogP) is 0.572. The summed E-state index contributed by atoms with van der Waals surface area (Å²) >= 11 is 0. The third-order valence-electron chi connectivity index (χ3n) is 0.316. The van der Waals surface area contributed by atoms with Crippen LogP contribution in [0.15, 0.2) is 0 Å². The van der Waals surface area contributed by atoms with Crippen molar-refractivity contribution in [2.45, 2.75) is 0 Å². The zero-order chi connectivity index (χ0) is 6.62. The van der Waals surface area contributed by atoms with Gasteiger partial charge in [-0.2, -0.15) is 0 Å². The van der Waals surface area contributed by atoms with Crippen LogP contribution in [0.2, 0.25) is 0 Å². The van der Waals surface area contributed by atoms with Gasteiger partial charge in [-0.05, 0) is 0 Å². The van der Waals surface area contributed by atoms with Gasteiger partial charge < -0.3 is 9.79 Å². The van der Waals surface area contributed by atoms with Gasteiger partial charge in [0.2, 0.25) is 0 Å². The minimum absolute atomic E-state index is 0. The largest absolute Gasteiger partial charge is 0.470 e. The summed E-state index contributed by atoms with van der Waals surface area (Å²) in [6, 6.07) is 0. The topological polar surface area (TPSA) is 66.8 Å². The molecule has 0 unspecified atom stereocenters. The highest BCUT2D eigenvalue weighted by Gasteiger charge is 2.11. The zero-order valence-electron chi connectivity index (χ0n) is 4.76. The third kappa shape index (κ3) is 15.7. The van der Waals surface area contributed by atoms with Crippen molar-refractivity contribution in [3.05, 3.63) is 0 Å². The quantitative estimate of drug-likeness (QED) is 0.515. The minimum atomic E-state index is -4.32. The van der Waals surface area contributed by atoms with Crippen molar-refractivity contribution in [3.63, 3.8) is 0 Å². The van der Waals surface area contributed by atoms with E-state index in [-0.39, 0.29) is 31.4 Å². The molecule has 0 aliphatic heterocycles. The lowest BCUT2D eigenvalue weighted by atomic mass is 10.8. The SMILES string of the molecule is C#CCOP(=O)(O)O.Cl.Cl. The summed E-state index contributed by atoms with van der Waals surface area (Å²) < 4.78 is 13.6. The summed E-state index contributed by atoms with van der Waals surface area (Å²) in [5.74, 6) is 1.91. The van der Waals surface area contributed by atoms with Crippen LogP contribution in [-0.4, -0.2) is 16.4 Å². The molecule has 0 amide bonds. The van der Waals surface area contributed by atoms with Crippen LogP contribution >= 0.6 is 32.6 Å². The van der Waals surface area contributed by atoms with Gasteiger partial charge in [0.15, 0.2) is 0 Å². The molecule has 2 N–H and O–H groups in total. The van der Waals surface area contributed by atoms with E-state index in [2.05, 4.69) is 10.9 Å². The molecule has 0 aromatic carbocycles. The van der Waals surface area contributed by atoms with Crippen molar-refractivity contribution in [2.24, 2.45) is 0 Å². The second kappa shape index (κ2) is 7.36. The number of halogens is 2. The zero-order valence-corrected chi connectivity index (χ0v) is 7.29. The predicted molar refractivity (Wildman–Crippen MR) is 41.3 cm³/mol. The number of phosphoric ester groups is 1. The molecule has 0 saturated carbocycles. The van der Waals surface area contributed by atoms with Gasteiger partial charge in [0.05, 0.1) is 0 Å². The summed E-state index contributed by atoms with van der Waals surface area (Å²) in [6.07, 6.45) is 4.62. The van der Waals surface area contributed by atoms with Gasteiger partial charge in [0.25, 0.3) is 0 Å². The fraction of sp³-hybridized carbons (Fsp3) is 0.333. The Kier molecular flexibility index (Phi) is 12.3. The molecule has 62 valence electrons. The first-order valence-electron chi connectivity index (χ1n) is 1.70. The molecule has 0 atom stereocenters. The molecular weight excluding hydrogens is 202 g/mol. The number of phosphoric acid groups is 1. The number of hydrogen-bond acceptors (Lipinski definition) is 2. The summed E-state index contributed by atoms with van der Waals surface area (Å²) in [4.78, 5) is 15.9. The van der Waals surface area contributed by atoms with E-state index in [1.165, 1.54) is 0 Å². The van der Waals surface area contributed by atoms with E-state index in [0.29, 0.717) is 0 Å². The van der Waals surface area contributed by atoms with Gasteiger partial charge in [-0.1, -0.05) is 5.92 Å². The second-order valence-corrected chi connectivity index (χ2v) is 2.21. The molecule has 0 bridgehead atoms. The van der Waals surface area contributed by atoms with Crippen LogP contribution in [0.3, 0.4) is 0 Å². The Bertz CT molecular complexity index is 147. The van der Waals surface area contributed by atoms with E-state index in [1.54, 1.807) is 0 Å². The standard InChI is InChI=1S/C3H5O4P.2ClH/c1-2-3-7-8(4,5)6;;/h1H,3H2,(H2,4,5,6);2*1H. The molecule has 0 saturated heterocycles. The Labute approximate surface area is 71.0 Å². The molecule has 10 heavy (non-hydrogen) atoms. The lowest BCUT2D eigenvalue weighted by molar-refractivity contribution is 0.218. The molecule has 4 nitrogen and oxygen atoms in total. The lowest BCUT2D eigenvalue weighted by Gasteiger charge is -1.97. The van der Waals surface area contributed by atoms with Crippen molar-refractivity contribution >= 4 is 32.6 Å². The van der Waals surface area contributed by atoms with Crippen LogP contribution in [0.1, 0.15) is 0 Å². The Balaban J connectivity index is -0.000000245. The van der Waals surface area contributed by atoms with Gasteiger partial charge in [0, 0.05) is 0 Å². The Morgan fingerprint density at radius 1 is 1.50 bits per heavy atom.